The molecule has 3 aromatic rings. The Labute approximate surface area is 167 Å². The zero-order valence-corrected chi connectivity index (χ0v) is 17.7. The van der Waals surface area contributed by atoms with Gasteiger partial charge in [-0.3, -0.25) is 4.98 Å². The lowest BCUT2D eigenvalue weighted by atomic mass is 10.2. The minimum absolute atomic E-state index is 0.0914. The molecule has 0 saturated heterocycles. The van der Waals surface area contributed by atoms with Crippen LogP contribution in [0.4, 0.5) is 0 Å². The summed E-state index contributed by atoms with van der Waals surface area (Å²) in [6, 6.07) is 9.72. The van der Waals surface area contributed by atoms with Gasteiger partial charge < -0.3 is 13.7 Å². The van der Waals surface area contributed by atoms with Crippen molar-refractivity contribution in [3.05, 3.63) is 51.5 Å². The SMILES string of the molecule is COc1ccc(OC)c(S(=O)(=O)Oc2c(Br)cc(Br)c3cccnc23)c1. The second-order valence-electron chi connectivity index (χ2n) is 5.12. The molecular formula is C17H13Br2NO5S. The Bertz CT molecular complexity index is 1090. The van der Waals surface area contributed by atoms with Crippen molar-refractivity contribution in [3.8, 4) is 17.2 Å². The standard InChI is InChI=1S/C17H13Br2NO5S/c1-23-10-5-6-14(24-2)15(8-10)26(21,22)25-17-13(19)9-12(18)11-4-3-7-20-16(11)17/h3-9H,1-2H3. The molecule has 0 aliphatic heterocycles. The number of nitrogens with zero attached hydrogens (tertiary/aromatic N) is 1. The minimum Gasteiger partial charge on any atom is -0.497 e. The van der Waals surface area contributed by atoms with Crippen molar-refractivity contribution in [1.82, 2.24) is 4.98 Å². The summed E-state index contributed by atoms with van der Waals surface area (Å²) in [6.07, 6.45) is 1.56. The van der Waals surface area contributed by atoms with Crippen molar-refractivity contribution in [2.75, 3.05) is 14.2 Å². The summed E-state index contributed by atoms with van der Waals surface area (Å²) in [6.45, 7) is 0. The molecule has 0 aliphatic carbocycles. The van der Waals surface area contributed by atoms with Crippen LogP contribution in [-0.4, -0.2) is 27.6 Å². The lowest BCUT2D eigenvalue weighted by Crippen LogP contribution is -2.12. The van der Waals surface area contributed by atoms with Crippen LogP contribution in [0.15, 0.2) is 56.4 Å². The van der Waals surface area contributed by atoms with Gasteiger partial charge in [-0.05, 0) is 40.2 Å². The van der Waals surface area contributed by atoms with E-state index >= 15 is 0 Å². The van der Waals surface area contributed by atoms with Gasteiger partial charge in [-0.25, -0.2) is 0 Å². The van der Waals surface area contributed by atoms with E-state index in [1.807, 2.05) is 6.07 Å². The number of benzene rings is 2. The molecule has 0 saturated carbocycles. The maximum Gasteiger partial charge on any atom is 0.343 e. The van der Waals surface area contributed by atoms with Gasteiger partial charge in [-0.15, -0.1) is 0 Å². The molecule has 26 heavy (non-hydrogen) atoms. The van der Waals surface area contributed by atoms with E-state index in [0.29, 0.717) is 15.7 Å². The normalized spacial score (nSPS) is 11.4. The van der Waals surface area contributed by atoms with Gasteiger partial charge in [0.25, 0.3) is 0 Å². The van der Waals surface area contributed by atoms with Crippen LogP contribution in [0.3, 0.4) is 0 Å². The zero-order valence-electron chi connectivity index (χ0n) is 13.7. The monoisotopic (exact) mass is 501 g/mol. The van der Waals surface area contributed by atoms with Crippen molar-refractivity contribution < 1.29 is 22.1 Å². The Morgan fingerprint density at radius 2 is 1.77 bits per heavy atom. The Kier molecular flexibility index (Phi) is 5.40. The van der Waals surface area contributed by atoms with Gasteiger partial charge in [0.2, 0.25) is 0 Å². The molecule has 0 spiro atoms. The number of aromatic nitrogens is 1. The molecule has 0 radical (unpaired) electrons. The first-order valence-electron chi connectivity index (χ1n) is 7.26. The summed E-state index contributed by atoms with van der Waals surface area (Å²) in [5, 5.41) is 0.721. The quantitative estimate of drug-likeness (QED) is 0.476. The predicted octanol–water partition coefficient (Wildman–Crippen LogP) is 4.54. The first-order valence-corrected chi connectivity index (χ1v) is 10.3. The molecule has 0 N–H and O–H groups in total. The molecule has 136 valence electrons. The van der Waals surface area contributed by atoms with E-state index in [4.69, 9.17) is 13.7 Å². The average molecular weight is 503 g/mol. The summed E-state index contributed by atoms with van der Waals surface area (Å²) in [5.74, 6) is 0.607. The Morgan fingerprint density at radius 1 is 1.00 bits per heavy atom. The van der Waals surface area contributed by atoms with Gasteiger partial charge in [-0.2, -0.15) is 8.42 Å². The number of pyridine rings is 1. The Hall–Kier alpha value is -1.84. The highest BCUT2D eigenvalue weighted by atomic mass is 79.9. The molecule has 1 heterocycles. The highest BCUT2D eigenvalue weighted by Gasteiger charge is 2.26. The molecule has 0 fully saturated rings. The molecule has 0 aliphatic rings. The van der Waals surface area contributed by atoms with Gasteiger partial charge in [0, 0.05) is 22.1 Å². The number of fused-ring (bicyclic) bond motifs is 1. The molecule has 2 aromatic carbocycles. The summed E-state index contributed by atoms with van der Waals surface area (Å²) < 4.78 is 42.7. The van der Waals surface area contributed by atoms with Crippen LogP contribution in [0.1, 0.15) is 0 Å². The zero-order chi connectivity index (χ0) is 18.9. The van der Waals surface area contributed by atoms with E-state index < -0.39 is 10.1 Å². The van der Waals surface area contributed by atoms with Crippen LogP contribution in [-0.2, 0) is 10.1 Å². The van der Waals surface area contributed by atoms with Crippen LogP contribution in [0.25, 0.3) is 10.9 Å². The fraction of sp³-hybridized carbons (Fsp3) is 0.118. The van der Waals surface area contributed by atoms with Crippen molar-refractivity contribution in [2.45, 2.75) is 4.90 Å². The second-order valence-corrected chi connectivity index (χ2v) is 8.35. The summed E-state index contributed by atoms with van der Waals surface area (Å²) in [7, 11) is -1.38. The van der Waals surface area contributed by atoms with Crippen LogP contribution >= 0.6 is 31.9 Å². The van der Waals surface area contributed by atoms with Crippen LogP contribution < -0.4 is 13.7 Å². The number of methoxy groups -OCH3 is 2. The van der Waals surface area contributed by atoms with E-state index in [1.165, 1.54) is 26.4 Å². The molecule has 0 amide bonds. The number of hydrogen-bond donors (Lipinski definition) is 0. The molecule has 0 atom stereocenters. The molecular weight excluding hydrogens is 490 g/mol. The third kappa shape index (κ3) is 3.51. The number of halogens is 2. The predicted molar refractivity (Wildman–Crippen MR) is 105 cm³/mol. The lowest BCUT2D eigenvalue weighted by Gasteiger charge is -2.14. The third-order valence-electron chi connectivity index (χ3n) is 3.58. The van der Waals surface area contributed by atoms with E-state index in [0.717, 1.165) is 9.86 Å². The Morgan fingerprint density at radius 3 is 2.46 bits per heavy atom. The highest BCUT2D eigenvalue weighted by molar-refractivity contribution is 9.11. The van der Waals surface area contributed by atoms with Crippen molar-refractivity contribution >= 4 is 52.9 Å². The van der Waals surface area contributed by atoms with Crippen LogP contribution in [0, 0.1) is 0 Å². The van der Waals surface area contributed by atoms with E-state index in [-0.39, 0.29) is 16.4 Å². The largest absolute Gasteiger partial charge is 0.497 e. The number of ether oxygens (including phenoxy) is 2. The summed E-state index contributed by atoms with van der Waals surface area (Å²) in [4.78, 5) is 4.11. The Balaban J connectivity index is 2.16. The first kappa shape index (κ1) is 18.9. The average Bonchev–Trinajstić information content (AvgIpc) is 2.64. The van der Waals surface area contributed by atoms with Crippen molar-refractivity contribution in [3.63, 3.8) is 0 Å². The van der Waals surface area contributed by atoms with Crippen molar-refractivity contribution in [1.29, 1.82) is 0 Å². The topological polar surface area (TPSA) is 74.7 Å². The van der Waals surface area contributed by atoms with E-state index in [2.05, 4.69) is 36.8 Å². The number of hydrogen-bond acceptors (Lipinski definition) is 6. The van der Waals surface area contributed by atoms with Crippen molar-refractivity contribution in [2.24, 2.45) is 0 Å². The van der Waals surface area contributed by atoms with Crippen LogP contribution in [0.5, 0.6) is 17.2 Å². The van der Waals surface area contributed by atoms with Gasteiger partial charge in [0.15, 0.2) is 10.6 Å². The lowest BCUT2D eigenvalue weighted by molar-refractivity contribution is 0.388. The molecule has 3 rings (SSSR count). The third-order valence-corrected chi connectivity index (χ3v) is 6.07. The summed E-state index contributed by atoms with van der Waals surface area (Å²) in [5.41, 5.74) is 0.402. The molecule has 6 nitrogen and oxygen atoms in total. The number of rotatable bonds is 5. The minimum atomic E-state index is -4.21. The maximum atomic E-state index is 12.9. The van der Waals surface area contributed by atoms with Gasteiger partial charge in [-0.1, -0.05) is 22.0 Å². The molecule has 1 aromatic heterocycles. The van der Waals surface area contributed by atoms with Gasteiger partial charge >= 0.3 is 10.1 Å². The van der Waals surface area contributed by atoms with Crippen LogP contribution in [0.2, 0.25) is 0 Å². The van der Waals surface area contributed by atoms with Gasteiger partial charge in [0.1, 0.15) is 17.0 Å². The first-order chi connectivity index (χ1) is 12.4. The van der Waals surface area contributed by atoms with E-state index in [1.54, 1.807) is 24.4 Å². The fourth-order valence-electron chi connectivity index (χ4n) is 2.36. The van der Waals surface area contributed by atoms with Gasteiger partial charge in [0.05, 0.1) is 18.7 Å². The molecule has 9 heteroatoms. The molecule has 0 bridgehead atoms. The smallest absolute Gasteiger partial charge is 0.343 e. The second kappa shape index (κ2) is 7.42. The molecule has 0 unspecified atom stereocenters. The maximum absolute atomic E-state index is 12.9. The highest BCUT2D eigenvalue weighted by Crippen LogP contribution is 2.39. The summed E-state index contributed by atoms with van der Waals surface area (Å²) >= 11 is 6.78. The van der Waals surface area contributed by atoms with E-state index in [9.17, 15) is 8.42 Å². The fourth-order valence-corrected chi connectivity index (χ4v) is 4.96.